The SMILES string of the molecule is CCOC(=O)c1c(NC(=O)C(C)OC)c[nH]c1C. The lowest BCUT2D eigenvalue weighted by atomic mass is 10.2. The molecule has 1 unspecified atom stereocenters. The highest BCUT2D eigenvalue weighted by atomic mass is 16.5. The summed E-state index contributed by atoms with van der Waals surface area (Å²) in [5.74, 6) is -0.779. The molecular formula is C12H18N2O4. The van der Waals surface area contributed by atoms with Crippen LogP contribution in [0.3, 0.4) is 0 Å². The molecule has 0 aliphatic carbocycles. The van der Waals surface area contributed by atoms with Crippen LogP contribution in [-0.4, -0.2) is 36.7 Å². The third-order valence-corrected chi connectivity index (χ3v) is 2.54. The van der Waals surface area contributed by atoms with Gasteiger partial charge in [0, 0.05) is 19.0 Å². The number of esters is 1. The molecule has 0 spiro atoms. The molecule has 6 heteroatoms. The second kappa shape index (κ2) is 6.20. The van der Waals surface area contributed by atoms with Crippen molar-refractivity contribution in [1.29, 1.82) is 0 Å². The Bertz CT molecular complexity index is 439. The monoisotopic (exact) mass is 254 g/mol. The number of amides is 1. The summed E-state index contributed by atoms with van der Waals surface area (Å²) >= 11 is 0. The Balaban J connectivity index is 2.90. The molecule has 0 aromatic carbocycles. The molecule has 0 radical (unpaired) electrons. The van der Waals surface area contributed by atoms with Crippen LogP contribution in [0, 0.1) is 6.92 Å². The second-order valence-electron chi connectivity index (χ2n) is 3.79. The largest absolute Gasteiger partial charge is 0.462 e. The Kier molecular flexibility index (Phi) is 4.91. The first kappa shape index (κ1) is 14.2. The van der Waals surface area contributed by atoms with Crippen LogP contribution in [0.15, 0.2) is 6.20 Å². The van der Waals surface area contributed by atoms with E-state index >= 15 is 0 Å². The number of carbonyl (C=O) groups excluding carboxylic acids is 2. The van der Waals surface area contributed by atoms with Gasteiger partial charge < -0.3 is 19.8 Å². The minimum absolute atomic E-state index is 0.283. The van der Waals surface area contributed by atoms with Crippen LogP contribution in [0.4, 0.5) is 5.69 Å². The van der Waals surface area contributed by atoms with E-state index in [1.807, 2.05) is 0 Å². The van der Waals surface area contributed by atoms with Gasteiger partial charge in [-0.1, -0.05) is 0 Å². The number of hydrogen-bond donors (Lipinski definition) is 2. The second-order valence-corrected chi connectivity index (χ2v) is 3.79. The molecule has 0 bridgehead atoms. The van der Waals surface area contributed by atoms with Gasteiger partial charge in [0.15, 0.2) is 0 Å². The number of methoxy groups -OCH3 is 1. The van der Waals surface area contributed by atoms with Gasteiger partial charge in [-0.25, -0.2) is 4.79 Å². The van der Waals surface area contributed by atoms with Gasteiger partial charge in [-0.3, -0.25) is 4.79 Å². The number of H-pyrrole nitrogens is 1. The van der Waals surface area contributed by atoms with Gasteiger partial charge in [-0.15, -0.1) is 0 Å². The zero-order chi connectivity index (χ0) is 13.7. The van der Waals surface area contributed by atoms with Crippen molar-refractivity contribution in [3.05, 3.63) is 17.5 Å². The number of anilines is 1. The van der Waals surface area contributed by atoms with Crippen molar-refractivity contribution >= 4 is 17.6 Å². The zero-order valence-corrected chi connectivity index (χ0v) is 11.0. The standard InChI is InChI=1S/C12H18N2O4/c1-5-18-12(16)10-7(2)13-6-9(10)14-11(15)8(3)17-4/h6,8,13H,5H2,1-4H3,(H,14,15). The summed E-state index contributed by atoms with van der Waals surface area (Å²) in [6.45, 7) is 5.37. The first-order chi connectivity index (χ1) is 8.51. The third-order valence-electron chi connectivity index (χ3n) is 2.54. The molecule has 1 aromatic heterocycles. The molecule has 0 saturated carbocycles. The molecule has 100 valence electrons. The number of ether oxygens (including phenoxy) is 2. The molecule has 0 aliphatic heterocycles. The molecule has 6 nitrogen and oxygen atoms in total. The van der Waals surface area contributed by atoms with E-state index in [1.54, 1.807) is 27.0 Å². The summed E-state index contributed by atoms with van der Waals surface area (Å²) in [5.41, 5.74) is 1.39. The highest BCUT2D eigenvalue weighted by molar-refractivity contribution is 6.03. The average molecular weight is 254 g/mol. The smallest absolute Gasteiger partial charge is 0.342 e. The van der Waals surface area contributed by atoms with E-state index in [0.29, 0.717) is 16.9 Å². The Labute approximate surface area is 106 Å². The van der Waals surface area contributed by atoms with Crippen molar-refractivity contribution in [2.45, 2.75) is 26.9 Å². The first-order valence-corrected chi connectivity index (χ1v) is 5.70. The van der Waals surface area contributed by atoms with E-state index in [9.17, 15) is 9.59 Å². The van der Waals surface area contributed by atoms with E-state index in [-0.39, 0.29) is 12.5 Å². The fourth-order valence-corrected chi connectivity index (χ4v) is 1.43. The Morgan fingerprint density at radius 3 is 2.72 bits per heavy atom. The maximum absolute atomic E-state index is 11.7. The topological polar surface area (TPSA) is 80.4 Å². The summed E-state index contributed by atoms with van der Waals surface area (Å²) in [5, 5.41) is 2.63. The first-order valence-electron chi connectivity index (χ1n) is 5.70. The maximum atomic E-state index is 11.7. The van der Waals surface area contributed by atoms with Gasteiger partial charge in [0.2, 0.25) is 0 Å². The molecule has 1 rings (SSSR count). The summed E-state index contributed by atoms with van der Waals surface area (Å²) < 4.78 is 9.84. The summed E-state index contributed by atoms with van der Waals surface area (Å²) in [6.07, 6.45) is 0.970. The van der Waals surface area contributed by atoms with Gasteiger partial charge in [-0.05, 0) is 20.8 Å². The number of hydrogen-bond acceptors (Lipinski definition) is 4. The summed E-state index contributed by atoms with van der Waals surface area (Å²) in [4.78, 5) is 26.3. The van der Waals surface area contributed by atoms with Crippen molar-refractivity contribution in [3.63, 3.8) is 0 Å². The van der Waals surface area contributed by atoms with Crippen molar-refractivity contribution < 1.29 is 19.1 Å². The minimum Gasteiger partial charge on any atom is -0.462 e. The third kappa shape index (κ3) is 3.10. The number of aromatic nitrogens is 1. The molecule has 1 aromatic rings. The molecule has 0 fully saturated rings. The Morgan fingerprint density at radius 1 is 1.50 bits per heavy atom. The predicted octanol–water partition coefficient (Wildman–Crippen LogP) is 1.47. The van der Waals surface area contributed by atoms with Gasteiger partial charge >= 0.3 is 5.97 Å². The van der Waals surface area contributed by atoms with Crippen LogP contribution in [0.1, 0.15) is 29.9 Å². The number of carbonyl (C=O) groups is 2. The molecule has 2 N–H and O–H groups in total. The highest BCUT2D eigenvalue weighted by Crippen LogP contribution is 2.20. The number of aryl methyl sites for hydroxylation is 1. The van der Waals surface area contributed by atoms with Gasteiger partial charge in [0.25, 0.3) is 5.91 Å². The Hall–Kier alpha value is -1.82. The van der Waals surface area contributed by atoms with E-state index < -0.39 is 12.1 Å². The van der Waals surface area contributed by atoms with E-state index in [4.69, 9.17) is 9.47 Å². The number of aromatic amines is 1. The summed E-state index contributed by atoms with van der Waals surface area (Å²) in [6, 6.07) is 0. The fourth-order valence-electron chi connectivity index (χ4n) is 1.43. The molecule has 1 heterocycles. The van der Waals surface area contributed by atoms with E-state index in [1.165, 1.54) is 7.11 Å². The van der Waals surface area contributed by atoms with Crippen LogP contribution in [-0.2, 0) is 14.3 Å². The predicted molar refractivity (Wildman–Crippen MR) is 66.6 cm³/mol. The lowest BCUT2D eigenvalue weighted by Crippen LogP contribution is -2.27. The van der Waals surface area contributed by atoms with Crippen molar-refractivity contribution in [2.75, 3.05) is 19.0 Å². The van der Waals surface area contributed by atoms with Crippen LogP contribution < -0.4 is 5.32 Å². The molecule has 0 aliphatic rings. The van der Waals surface area contributed by atoms with Crippen LogP contribution in [0.2, 0.25) is 0 Å². The average Bonchev–Trinajstić information content (AvgIpc) is 2.69. The fraction of sp³-hybridized carbons (Fsp3) is 0.500. The highest BCUT2D eigenvalue weighted by Gasteiger charge is 2.20. The molecule has 1 amide bonds. The van der Waals surface area contributed by atoms with Crippen LogP contribution in [0.25, 0.3) is 0 Å². The van der Waals surface area contributed by atoms with Crippen molar-refractivity contribution in [3.8, 4) is 0 Å². The quantitative estimate of drug-likeness (QED) is 0.780. The lowest BCUT2D eigenvalue weighted by molar-refractivity contribution is -0.124. The van der Waals surface area contributed by atoms with E-state index in [0.717, 1.165) is 0 Å². The normalized spacial score (nSPS) is 12.0. The van der Waals surface area contributed by atoms with Gasteiger partial charge in [0.1, 0.15) is 11.7 Å². The van der Waals surface area contributed by atoms with Crippen molar-refractivity contribution in [1.82, 2.24) is 4.98 Å². The van der Waals surface area contributed by atoms with E-state index in [2.05, 4.69) is 10.3 Å². The summed E-state index contributed by atoms with van der Waals surface area (Å²) in [7, 11) is 1.44. The molecule has 1 atom stereocenters. The molecular weight excluding hydrogens is 236 g/mol. The molecule has 18 heavy (non-hydrogen) atoms. The number of rotatable bonds is 5. The number of nitrogens with one attached hydrogen (secondary N) is 2. The van der Waals surface area contributed by atoms with Crippen LogP contribution in [0.5, 0.6) is 0 Å². The van der Waals surface area contributed by atoms with Crippen molar-refractivity contribution in [2.24, 2.45) is 0 Å². The zero-order valence-electron chi connectivity index (χ0n) is 11.0. The lowest BCUT2D eigenvalue weighted by Gasteiger charge is -2.10. The Morgan fingerprint density at radius 2 is 2.17 bits per heavy atom. The molecule has 0 saturated heterocycles. The minimum atomic E-state index is -0.588. The van der Waals surface area contributed by atoms with Gasteiger partial charge in [0.05, 0.1) is 12.3 Å². The van der Waals surface area contributed by atoms with Crippen LogP contribution >= 0.6 is 0 Å². The van der Waals surface area contributed by atoms with Gasteiger partial charge in [-0.2, -0.15) is 0 Å². The maximum Gasteiger partial charge on any atom is 0.342 e.